The maximum atomic E-state index is 12.5. The van der Waals surface area contributed by atoms with Crippen LogP contribution in [0.15, 0.2) is 40.9 Å². The van der Waals surface area contributed by atoms with Gasteiger partial charge in [-0.2, -0.15) is 0 Å². The summed E-state index contributed by atoms with van der Waals surface area (Å²) in [4.78, 5) is 12.5. The van der Waals surface area contributed by atoms with Gasteiger partial charge in [-0.1, -0.05) is 28.1 Å². The quantitative estimate of drug-likeness (QED) is 0.869. The summed E-state index contributed by atoms with van der Waals surface area (Å²) in [6, 6.07) is 11.3. The molecule has 1 aliphatic heterocycles. The van der Waals surface area contributed by atoms with Crippen molar-refractivity contribution in [3.05, 3.63) is 52.0 Å². The summed E-state index contributed by atoms with van der Waals surface area (Å²) in [6.07, 6.45) is 0. The van der Waals surface area contributed by atoms with E-state index in [2.05, 4.69) is 26.6 Å². The minimum Gasteiger partial charge on any atom is -0.489 e. The molecular weight excluding hydrogens is 332 g/mol. The summed E-state index contributed by atoms with van der Waals surface area (Å²) >= 11 is 3.42. The van der Waals surface area contributed by atoms with Gasteiger partial charge < -0.3 is 15.4 Å². The van der Waals surface area contributed by atoms with Crippen LogP contribution in [0.5, 0.6) is 5.75 Å². The van der Waals surface area contributed by atoms with Gasteiger partial charge in [-0.25, -0.2) is 0 Å². The van der Waals surface area contributed by atoms with E-state index in [1.165, 1.54) is 0 Å². The molecular formula is C16H15BrN2O2. The number of aryl methyl sites for hydroxylation is 1. The fraction of sp³-hybridized carbons (Fsp3) is 0.188. The van der Waals surface area contributed by atoms with Gasteiger partial charge in [-0.15, -0.1) is 0 Å². The first-order valence-electron chi connectivity index (χ1n) is 6.72. The first-order chi connectivity index (χ1) is 10.1. The Kier molecular flexibility index (Phi) is 3.84. The molecule has 0 saturated heterocycles. The van der Waals surface area contributed by atoms with E-state index in [0.717, 1.165) is 28.0 Å². The van der Waals surface area contributed by atoms with Crippen LogP contribution in [-0.4, -0.2) is 19.1 Å². The number of rotatable bonds is 2. The van der Waals surface area contributed by atoms with Crippen molar-refractivity contribution in [2.45, 2.75) is 6.92 Å². The Bertz CT molecular complexity index is 701. The summed E-state index contributed by atoms with van der Waals surface area (Å²) in [6.45, 7) is 3.27. The Morgan fingerprint density at radius 3 is 3.05 bits per heavy atom. The Morgan fingerprint density at radius 2 is 2.19 bits per heavy atom. The first-order valence-corrected chi connectivity index (χ1v) is 7.51. The SMILES string of the molecule is Cc1ccc(Br)cc1NC(=O)c1cccc2c1OCCN2. The van der Waals surface area contributed by atoms with Crippen LogP contribution in [0.4, 0.5) is 11.4 Å². The number of amides is 1. The summed E-state index contributed by atoms with van der Waals surface area (Å²) < 4.78 is 6.56. The van der Waals surface area contributed by atoms with Crippen LogP contribution in [0.3, 0.4) is 0 Å². The molecule has 0 saturated carbocycles. The van der Waals surface area contributed by atoms with Crippen molar-refractivity contribution < 1.29 is 9.53 Å². The topological polar surface area (TPSA) is 50.4 Å². The third-order valence-corrected chi connectivity index (χ3v) is 3.86. The molecule has 2 aromatic rings. The summed E-state index contributed by atoms with van der Waals surface area (Å²) in [5.41, 5.74) is 3.20. The van der Waals surface area contributed by atoms with E-state index in [4.69, 9.17) is 4.74 Å². The van der Waals surface area contributed by atoms with E-state index in [1.54, 1.807) is 6.07 Å². The van der Waals surface area contributed by atoms with Gasteiger partial charge >= 0.3 is 0 Å². The lowest BCUT2D eigenvalue weighted by atomic mass is 10.1. The average molecular weight is 347 g/mol. The van der Waals surface area contributed by atoms with Gasteiger partial charge in [0.15, 0.2) is 5.75 Å². The van der Waals surface area contributed by atoms with Gasteiger partial charge in [0.1, 0.15) is 6.61 Å². The first kappa shape index (κ1) is 13.9. The van der Waals surface area contributed by atoms with E-state index in [0.29, 0.717) is 17.9 Å². The highest BCUT2D eigenvalue weighted by atomic mass is 79.9. The molecule has 0 spiro atoms. The van der Waals surface area contributed by atoms with Crippen LogP contribution >= 0.6 is 15.9 Å². The molecule has 2 aromatic carbocycles. The van der Waals surface area contributed by atoms with Crippen molar-refractivity contribution >= 4 is 33.2 Å². The molecule has 0 aromatic heterocycles. The number of benzene rings is 2. The molecule has 1 aliphatic rings. The predicted octanol–water partition coefficient (Wildman–Crippen LogP) is 3.81. The monoisotopic (exact) mass is 346 g/mol. The van der Waals surface area contributed by atoms with E-state index in [9.17, 15) is 4.79 Å². The van der Waals surface area contributed by atoms with Crippen molar-refractivity contribution in [1.29, 1.82) is 0 Å². The second-order valence-electron chi connectivity index (χ2n) is 4.87. The molecule has 0 radical (unpaired) electrons. The fourth-order valence-electron chi connectivity index (χ4n) is 2.27. The lowest BCUT2D eigenvalue weighted by Crippen LogP contribution is -2.22. The van der Waals surface area contributed by atoms with Gasteiger partial charge in [0.25, 0.3) is 5.91 Å². The number of fused-ring (bicyclic) bond motifs is 1. The molecule has 0 bridgehead atoms. The normalized spacial score (nSPS) is 12.9. The van der Waals surface area contributed by atoms with Crippen LogP contribution in [0, 0.1) is 6.92 Å². The standard InChI is InChI=1S/C16H15BrN2O2/c1-10-5-6-11(17)9-14(10)19-16(20)12-3-2-4-13-15(12)21-8-7-18-13/h2-6,9,18H,7-8H2,1H3,(H,19,20). The number of halogens is 1. The Labute approximate surface area is 131 Å². The third-order valence-electron chi connectivity index (χ3n) is 3.37. The Hall–Kier alpha value is -2.01. The van der Waals surface area contributed by atoms with E-state index in [-0.39, 0.29) is 5.91 Å². The van der Waals surface area contributed by atoms with Gasteiger partial charge in [0, 0.05) is 16.7 Å². The second kappa shape index (κ2) is 5.77. The Balaban J connectivity index is 1.91. The molecule has 1 amide bonds. The molecule has 108 valence electrons. The van der Waals surface area contributed by atoms with Gasteiger partial charge in [0.05, 0.1) is 11.3 Å². The van der Waals surface area contributed by atoms with Crippen molar-refractivity contribution in [2.75, 3.05) is 23.8 Å². The Morgan fingerprint density at radius 1 is 1.33 bits per heavy atom. The molecule has 21 heavy (non-hydrogen) atoms. The highest BCUT2D eigenvalue weighted by molar-refractivity contribution is 9.10. The fourth-order valence-corrected chi connectivity index (χ4v) is 2.63. The van der Waals surface area contributed by atoms with Crippen molar-refractivity contribution in [1.82, 2.24) is 0 Å². The summed E-state index contributed by atoms with van der Waals surface area (Å²) in [7, 11) is 0. The molecule has 0 fully saturated rings. The smallest absolute Gasteiger partial charge is 0.259 e. The summed E-state index contributed by atoms with van der Waals surface area (Å²) in [5.74, 6) is 0.450. The molecule has 3 rings (SSSR count). The van der Waals surface area contributed by atoms with Crippen molar-refractivity contribution in [3.63, 3.8) is 0 Å². The average Bonchev–Trinajstić information content (AvgIpc) is 2.50. The minimum absolute atomic E-state index is 0.170. The van der Waals surface area contributed by atoms with E-state index >= 15 is 0 Å². The lowest BCUT2D eigenvalue weighted by Gasteiger charge is -2.21. The second-order valence-corrected chi connectivity index (χ2v) is 5.79. The molecule has 0 aliphatic carbocycles. The number of para-hydroxylation sites is 1. The number of anilines is 2. The summed E-state index contributed by atoms with van der Waals surface area (Å²) in [5, 5.41) is 6.17. The van der Waals surface area contributed by atoms with Crippen LogP contribution in [0.1, 0.15) is 15.9 Å². The molecule has 0 atom stereocenters. The van der Waals surface area contributed by atoms with Crippen molar-refractivity contribution in [2.24, 2.45) is 0 Å². The van der Waals surface area contributed by atoms with Crippen LogP contribution < -0.4 is 15.4 Å². The largest absolute Gasteiger partial charge is 0.489 e. The molecule has 2 N–H and O–H groups in total. The molecule has 5 heteroatoms. The third kappa shape index (κ3) is 2.88. The van der Waals surface area contributed by atoms with Gasteiger partial charge in [-0.05, 0) is 36.8 Å². The van der Waals surface area contributed by atoms with Crippen LogP contribution in [0.25, 0.3) is 0 Å². The van der Waals surface area contributed by atoms with Gasteiger partial charge in [0.2, 0.25) is 0 Å². The number of ether oxygens (including phenoxy) is 1. The predicted molar refractivity (Wildman–Crippen MR) is 87.3 cm³/mol. The number of hydrogen-bond donors (Lipinski definition) is 2. The highest BCUT2D eigenvalue weighted by Gasteiger charge is 2.19. The van der Waals surface area contributed by atoms with E-state index in [1.807, 2.05) is 37.3 Å². The number of carbonyl (C=O) groups excluding carboxylic acids is 1. The van der Waals surface area contributed by atoms with Crippen molar-refractivity contribution in [3.8, 4) is 5.75 Å². The number of hydrogen-bond acceptors (Lipinski definition) is 3. The maximum Gasteiger partial charge on any atom is 0.259 e. The lowest BCUT2D eigenvalue weighted by molar-refractivity contribution is 0.102. The van der Waals surface area contributed by atoms with E-state index < -0.39 is 0 Å². The maximum absolute atomic E-state index is 12.5. The molecule has 4 nitrogen and oxygen atoms in total. The molecule has 0 unspecified atom stereocenters. The zero-order chi connectivity index (χ0) is 14.8. The zero-order valence-corrected chi connectivity index (χ0v) is 13.2. The number of carbonyl (C=O) groups is 1. The van der Waals surface area contributed by atoms with Crippen LogP contribution in [-0.2, 0) is 0 Å². The highest BCUT2D eigenvalue weighted by Crippen LogP contribution is 2.32. The number of nitrogens with one attached hydrogen (secondary N) is 2. The van der Waals surface area contributed by atoms with Crippen LogP contribution in [0.2, 0.25) is 0 Å². The van der Waals surface area contributed by atoms with Gasteiger partial charge in [-0.3, -0.25) is 4.79 Å². The minimum atomic E-state index is -0.170. The zero-order valence-electron chi connectivity index (χ0n) is 11.6. The molecule has 1 heterocycles.